The number of rotatable bonds is 10. The molecule has 0 aliphatic carbocycles. The van der Waals surface area contributed by atoms with E-state index in [0.29, 0.717) is 19.5 Å². The Balaban J connectivity index is 1.53. The van der Waals surface area contributed by atoms with E-state index in [1.807, 2.05) is 0 Å². The van der Waals surface area contributed by atoms with E-state index in [1.165, 1.54) is 24.3 Å². The molecule has 3 aromatic rings. The molecule has 0 atom stereocenters. The number of hydrogen-bond donors (Lipinski definition) is 2. The van der Waals surface area contributed by atoms with Crippen LogP contribution in [-0.4, -0.2) is 35.4 Å². The third-order valence-electron chi connectivity index (χ3n) is 4.51. The summed E-state index contributed by atoms with van der Waals surface area (Å²) in [5.41, 5.74) is 2.49. The van der Waals surface area contributed by atoms with Gasteiger partial charge in [-0.05, 0) is 42.3 Å². The Morgan fingerprint density at radius 2 is 2.00 bits per heavy atom. The van der Waals surface area contributed by atoms with Crippen LogP contribution in [0.3, 0.4) is 0 Å². The fraction of sp³-hybridized carbons (Fsp3) is 0.300. The van der Waals surface area contributed by atoms with Gasteiger partial charge in [-0.15, -0.1) is 0 Å². The van der Waals surface area contributed by atoms with Gasteiger partial charge in [0.15, 0.2) is 6.61 Å². The Morgan fingerprint density at radius 1 is 1.20 bits per heavy atom. The molecule has 0 spiro atoms. The quantitative estimate of drug-likeness (QED) is 0.214. The zero-order valence-electron chi connectivity index (χ0n) is 15.7. The maximum Gasteiger partial charge on any atom is 0.340 e. The number of nitro groups is 1. The van der Waals surface area contributed by atoms with Crippen molar-refractivity contribution in [2.45, 2.75) is 25.3 Å². The monoisotopic (exact) mass is 425 g/mol. The fourth-order valence-electron chi connectivity index (χ4n) is 2.93. The molecule has 6 nitrogen and oxygen atoms in total. The average molecular weight is 425 g/mol. The third-order valence-corrected chi connectivity index (χ3v) is 4.51. The lowest BCUT2D eigenvalue weighted by molar-refractivity contribution is -0.384. The fourth-order valence-corrected chi connectivity index (χ4v) is 2.93. The number of aromatic nitrogens is 1. The minimum absolute atomic E-state index is 0.0190. The number of hydrogen-bond acceptors (Lipinski definition) is 4. The van der Waals surface area contributed by atoms with Crippen LogP contribution in [0.2, 0.25) is 0 Å². The number of halogens is 4. The van der Waals surface area contributed by atoms with Crippen molar-refractivity contribution in [3.8, 4) is 5.75 Å². The third kappa shape index (κ3) is 5.26. The summed E-state index contributed by atoms with van der Waals surface area (Å²) in [4.78, 5) is 13.6. The second-order valence-electron chi connectivity index (χ2n) is 6.73. The Hall–Kier alpha value is -3.14. The van der Waals surface area contributed by atoms with Crippen LogP contribution in [0.25, 0.3) is 10.9 Å². The first-order valence-corrected chi connectivity index (χ1v) is 9.09. The summed E-state index contributed by atoms with van der Waals surface area (Å²) < 4.78 is 55.1. The van der Waals surface area contributed by atoms with Crippen LogP contribution < -0.4 is 10.1 Å². The summed E-state index contributed by atoms with van der Waals surface area (Å²) in [6.45, 7) is -0.427. The molecular formula is C20H19F4N3O3. The summed E-state index contributed by atoms with van der Waals surface area (Å²) in [6.07, 6.45) is -1.38. The number of non-ortho nitro benzene ring substituents is 1. The molecule has 1 aromatic heterocycles. The summed E-state index contributed by atoms with van der Waals surface area (Å²) >= 11 is 0. The Labute approximate surface area is 169 Å². The molecule has 2 N–H and O–H groups in total. The Bertz CT molecular complexity index is 1020. The predicted molar refractivity (Wildman–Crippen MR) is 103 cm³/mol. The number of alkyl halides is 4. The van der Waals surface area contributed by atoms with Gasteiger partial charge in [0.05, 0.1) is 4.92 Å². The molecule has 10 heteroatoms. The highest BCUT2D eigenvalue weighted by Crippen LogP contribution is 2.25. The van der Waals surface area contributed by atoms with E-state index in [4.69, 9.17) is 4.74 Å². The number of nitrogens with one attached hydrogen (secondary N) is 2. The number of aromatic amines is 1. The van der Waals surface area contributed by atoms with Crippen molar-refractivity contribution in [2.24, 2.45) is 0 Å². The maximum absolute atomic E-state index is 13.0. The minimum atomic E-state index is -4.21. The molecule has 0 saturated heterocycles. The molecule has 0 aliphatic heterocycles. The highest BCUT2D eigenvalue weighted by atomic mass is 19.3. The van der Waals surface area contributed by atoms with Crippen LogP contribution >= 0.6 is 0 Å². The molecule has 3 rings (SSSR count). The van der Waals surface area contributed by atoms with Crippen molar-refractivity contribution < 1.29 is 27.2 Å². The van der Waals surface area contributed by atoms with Crippen LogP contribution in [0.5, 0.6) is 5.75 Å². The van der Waals surface area contributed by atoms with Crippen LogP contribution in [-0.2, 0) is 13.0 Å². The normalized spacial score (nSPS) is 11.9. The summed E-state index contributed by atoms with van der Waals surface area (Å²) in [5, 5.41) is 14.9. The number of ether oxygens (including phenoxy) is 1. The van der Waals surface area contributed by atoms with Crippen LogP contribution in [0, 0.1) is 10.1 Å². The molecule has 0 aliphatic rings. The first kappa shape index (κ1) is 21.6. The van der Waals surface area contributed by atoms with E-state index in [2.05, 4.69) is 10.3 Å². The van der Waals surface area contributed by atoms with Gasteiger partial charge in [0, 0.05) is 35.8 Å². The lowest BCUT2D eigenvalue weighted by Gasteiger charge is -2.16. The van der Waals surface area contributed by atoms with Gasteiger partial charge in [0.1, 0.15) is 5.75 Å². The second kappa shape index (κ2) is 9.12. The van der Waals surface area contributed by atoms with E-state index in [-0.39, 0.29) is 11.4 Å². The maximum atomic E-state index is 13.0. The topological polar surface area (TPSA) is 80.2 Å². The summed E-state index contributed by atoms with van der Waals surface area (Å²) in [7, 11) is 0. The van der Waals surface area contributed by atoms with E-state index in [1.54, 1.807) is 24.4 Å². The molecule has 2 aromatic carbocycles. The number of nitrogens with zero attached hydrogens (tertiary/aromatic N) is 1. The largest absolute Gasteiger partial charge is 0.487 e. The molecule has 0 bridgehead atoms. The number of H-pyrrole nitrogens is 1. The van der Waals surface area contributed by atoms with Gasteiger partial charge in [-0.25, -0.2) is 8.78 Å². The van der Waals surface area contributed by atoms with Gasteiger partial charge in [0.2, 0.25) is 0 Å². The first-order valence-electron chi connectivity index (χ1n) is 9.09. The van der Waals surface area contributed by atoms with Gasteiger partial charge in [0.25, 0.3) is 5.69 Å². The molecule has 0 fully saturated rings. The molecule has 0 saturated carbocycles. The number of fused-ring (bicyclic) bond motifs is 1. The van der Waals surface area contributed by atoms with Crippen molar-refractivity contribution in [3.63, 3.8) is 0 Å². The molecule has 0 amide bonds. The smallest absolute Gasteiger partial charge is 0.340 e. The molecule has 160 valence electrons. The lowest BCUT2D eigenvalue weighted by Crippen LogP contribution is -2.33. The lowest BCUT2D eigenvalue weighted by atomic mass is 10.1. The van der Waals surface area contributed by atoms with Crippen molar-refractivity contribution >= 4 is 16.6 Å². The van der Waals surface area contributed by atoms with Crippen LogP contribution in [0.1, 0.15) is 11.1 Å². The SMILES string of the molecule is O=[N+]([O-])c1ccc2[nH]cc(CCNCc3cccc(OCC(F)(F)C(F)F)c3)c2c1. The average Bonchev–Trinajstić information content (AvgIpc) is 3.12. The minimum Gasteiger partial charge on any atom is -0.487 e. The molecule has 1 heterocycles. The van der Waals surface area contributed by atoms with E-state index >= 15 is 0 Å². The van der Waals surface area contributed by atoms with Gasteiger partial charge < -0.3 is 15.0 Å². The summed E-state index contributed by atoms with van der Waals surface area (Å²) in [5.74, 6) is -4.12. The molecule has 30 heavy (non-hydrogen) atoms. The molecule has 0 unspecified atom stereocenters. The van der Waals surface area contributed by atoms with Gasteiger partial charge in [-0.1, -0.05) is 12.1 Å². The Kier molecular flexibility index (Phi) is 6.56. The molecular weight excluding hydrogens is 406 g/mol. The van der Waals surface area contributed by atoms with Crippen molar-refractivity contribution in [2.75, 3.05) is 13.2 Å². The van der Waals surface area contributed by atoms with Crippen molar-refractivity contribution in [3.05, 3.63) is 69.9 Å². The second-order valence-corrected chi connectivity index (χ2v) is 6.73. The number of benzene rings is 2. The zero-order valence-corrected chi connectivity index (χ0v) is 15.7. The predicted octanol–water partition coefficient (Wildman–Crippen LogP) is 4.69. The number of nitro benzene ring substituents is 1. The van der Waals surface area contributed by atoms with Gasteiger partial charge >= 0.3 is 12.3 Å². The first-order chi connectivity index (χ1) is 14.3. The summed E-state index contributed by atoms with van der Waals surface area (Å²) in [6, 6.07) is 10.9. The van der Waals surface area contributed by atoms with E-state index in [0.717, 1.165) is 22.0 Å². The Morgan fingerprint density at radius 3 is 2.73 bits per heavy atom. The highest BCUT2D eigenvalue weighted by Gasteiger charge is 2.41. The molecule has 0 radical (unpaired) electrons. The zero-order chi connectivity index (χ0) is 21.7. The van der Waals surface area contributed by atoms with Gasteiger partial charge in [-0.2, -0.15) is 8.78 Å². The van der Waals surface area contributed by atoms with Gasteiger partial charge in [-0.3, -0.25) is 10.1 Å². The van der Waals surface area contributed by atoms with E-state index < -0.39 is 23.9 Å². The standard InChI is InChI=1S/C20H19F4N3O3/c21-19(22)20(23,24)12-30-16-3-1-2-13(8-16)10-25-7-6-14-11-26-18-5-4-15(27(28)29)9-17(14)18/h1-5,8-9,11,19,25-26H,6-7,10,12H2. The van der Waals surface area contributed by atoms with Crippen LogP contribution in [0.4, 0.5) is 23.2 Å². The van der Waals surface area contributed by atoms with Crippen molar-refractivity contribution in [1.29, 1.82) is 0 Å². The van der Waals surface area contributed by atoms with Crippen LogP contribution in [0.15, 0.2) is 48.7 Å². The van der Waals surface area contributed by atoms with Crippen molar-refractivity contribution in [1.82, 2.24) is 10.3 Å². The highest BCUT2D eigenvalue weighted by molar-refractivity contribution is 5.85. The van der Waals surface area contributed by atoms with E-state index in [9.17, 15) is 27.7 Å².